The lowest BCUT2D eigenvalue weighted by atomic mass is 9.94. The average molecular weight is 367 g/mol. The van der Waals surface area contributed by atoms with Gasteiger partial charge in [0, 0.05) is 5.39 Å². The maximum atomic E-state index is 11.5. The summed E-state index contributed by atoms with van der Waals surface area (Å²) in [5, 5.41) is 62.1. The van der Waals surface area contributed by atoms with Crippen LogP contribution >= 0.6 is 0 Å². The summed E-state index contributed by atoms with van der Waals surface area (Å²) in [6.45, 7) is 0. The van der Waals surface area contributed by atoms with Gasteiger partial charge in [0.2, 0.25) is 0 Å². The van der Waals surface area contributed by atoms with Gasteiger partial charge in [-0.3, -0.25) is 4.79 Å². The van der Waals surface area contributed by atoms with Crippen molar-refractivity contribution in [2.24, 2.45) is 5.73 Å². The smallest absolute Gasteiger partial charge is 0.256 e. The SMILES string of the molecule is NC(=O)c1c(O)c(O)c2cc3cc4cccc(O)c4c(O)c3c(O)c2c1O. The first-order valence-corrected chi connectivity index (χ1v) is 7.73. The molecule has 0 radical (unpaired) electrons. The molecule has 1 amide bonds. The zero-order valence-electron chi connectivity index (χ0n) is 13.6. The van der Waals surface area contributed by atoms with E-state index in [9.17, 15) is 35.4 Å². The van der Waals surface area contributed by atoms with Gasteiger partial charge >= 0.3 is 0 Å². The highest BCUT2D eigenvalue weighted by molar-refractivity contribution is 6.19. The van der Waals surface area contributed by atoms with E-state index in [1.54, 1.807) is 18.2 Å². The molecule has 0 bridgehead atoms. The second kappa shape index (κ2) is 5.21. The molecule has 4 rings (SSSR count). The number of carbonyl (C=O) groups is 1. The minimum atomic E-state index is -1.22. The van der Waals surface area contributed by atoms with E-state index in [-0.39, 0.29) is 32.7 Å². The Morgan fingerprint density at radius 3 is 2.04 bits per heavy atom. The number of primary amides is 1. The molecule has 0 heterocycles. The van der Waals surface area contributed by atoms with E-state index in [0.29, 0.717) is 5.39 Å². The molecular formula is C19H13NO7. The van der Waals surface area contributed by atoms with Crippen molar-refractivity contribution in [1.82, 2.24) is 0 Å². The normalized spacial score (nSPS) is 11.4. The van der Waals surface area contributed by atoms with E-state index in [1.807, 2.05) is 0 Å². The average Bonchev–Trinajstić information content (AvgIpc) is 2.59. The van der Waals surface area contributed by atoms with Crippen molar-refractivity contribution in [2.75, 3.05) is 0 Å². The number of carbonyl (C=O) groups excluding carboxylic acids is 1. The number of amides is 1. The van der Waals surface area contributed by atoms with Crippen molar-refractivity contribution >= 4 is 38.2 Å². The van der Waals surface area contributed by atoms with Gasteiger partial charge in [-0.05, 0) is 29.0 Å². The summed E-state index contributed by atoms with van der Waals surface area (Å²) in [6, 6.07) is 7.41. The Hall–Kier alpha value is -4.07. The molecule has 136 valence electrons. The third-order valence-corrected chi connectivity index (χ3v) is 4.63. The Kier molecular flexibility index (Phi) is 3.17. The van der Waals surface area contributed by atoms with Crippen molar-refractivity contribution in [3.63, 3.8) is 0 Å². The lowest BCUT2D eigenvalue weighted by Gasteiger charge is -2.15. The fourth-order valence-corrected chi connectivity index (χ4v) is 3.42. The lowest BCUT2D eigenvalue weighted by molar-refractivity contribution is 0.0994. The zero-order valence-corrected chi connectivity index (χ0v) is 13.6. The summed E-state index contributed by atoms with van der Waals surface area (Å²) in [5.41, 5.74) is 4.36. The molecule has 8 N–H and O–H groups in total. The highest BCUT2D eigenvalue weighted by atomic mass is 16.3. The Bertz CT molecular complexity index is 1310. The topological polar surface area (TPSA) is 164 Å². The van der Waals surface area contributed by atoms with Gasteiger partial charge in [0.25, 0.3) is 5.91 Å². The van der Waals surface area contributed by atoms with Crippen LogP contribution in [0.2, 0.25) is 0 Å². The number of benzene rings is 4. The highest BCUT2D eigenvalue weighted by Gasteiger charge is 2.26. The van der Waals surface area contributed by atoms with E-state index < -0.39 is 40.2 Å². The van der Waals surface area contributed by atoms with Gasteiger partial charge in [-0.1, -0.05) is 12.1 Å². The highest BCUT2D eigenvalue weighted by Crippen LogP contribution is 2.52. The van der Waals surface area contributed by atoms with Crippen LogP contribution in [0.5, 0.6) is 34.5 Å². The van der Waals surface area contributed by atoms with E-state index in [1.165, 1.54) is 12.1 Å². The number of phenolic OH excluding ortho intramolecular Hbond substituents is 4. The first-order valence-electron chi connectivity index (χ1n) is 7.73. The molecule has 0 aliphatic rings. The zero-order chi connectivity index (χ0) is 19.6. The molecule has 8 heteroatoms. The maximum absolute atomic E-state index is 11.5. The maximum Gasteiger partial charge on any atom is 0.256 e. The molecule has 8 nitrogen and oxygen atoms in total. The van der Waals surface area contributed by atoms with E-state index in [4.69, 9.17) is 5.73 Å². The molecule has 0 atom stereocenters. The van der Waals surface area contributed by atoms with Crippen molar-refractivity contribution in [1.29, 1.82) is 0 Å². The lowest BCUT2D eigenvalue weighted by Crippen LogP contribution is -2.11. The second-order valence-corrected chi connectivity index (χ2v) is 6.13. The van der Waals surface area contributed by atoms with Gasteiger partial charge in [-0.15, -0.1) is 0 Å². The van der Waals surface area contributed by atoms with Crippen LogP contribution in [0.4, 0.5) is 0 Å². The van der Waals surface area contributed by atoms with Crippen LogP contribution < -0.4 is 5.73 Å². The molecule has 0 aromatic heterocycles. The van der Waals surface area contributed by atoms with Crippen LogP contribution in [0.1, 0.15) is 10.4 Å². The van der Waals surface area contributed by atoms with Crippen LogP contribution in [0.15, 0.2) is 30.3 Å². The van der Waals surface area contributed by atoms with Gasteiger partial charge in [0.05, 0.1) is 16.2 Å². The number of phenols is 6. The quantitative estimate of drug-likeness (QED) is 0.154. The predicted octanol–water partition coefficient (Wildman–Crippen LogP) is 2.48. The largest absolute Gasteiger partial charge is 0.507 e. The Labute approximate surface area is 150 Å². The molecule has 0 fully saturated rings. The molecule has 0 unspecified atom stereocenters. The van der Waals surface area contributed by atoms with E-state index in [2.05, 4.69) is 0 Å². The Balaban J connectivity index is 2.32. The van der Waals surface area contributed by atoms with Gasteiger partial charge in [0.1, 0.15) is 28.6 Å². The van der Waals surface area contributed by atoms with Crippen molar-refractivity contribution in [2.45, 2.75) is 0 Å². The van der Waals surface area contributed by atoms with Crippen LogP contribution in [0.25, 0.3) is 32.3 Å². The number of fused-ring (bicyclic) bond motifs is 3. The molecule has 0 saturated carbocycles. The molecule has 0 aliphatic heterocycles. The predicted molar refractivity (Wildman–Crippen MR) is 97.5 cm³/mol. The number of hydrogen-bond acceptors (Lipinski definition) is 7. The fourth-order valence-electron chi connectivity index (χ4n) is 3.42. The first-order chi connectivity index (χ1) is 12.7. The van der Waals surface area contributed by atoms with Gasteiger partial charge in [-0.25, -0.2) is 0 Å². The van der Waals surface area contributed by atoms with Crippen molar-refractivity contribution < 1.29 is 35.4 Å². The first kappa shape index (κ1) is 16.4. The number of nitrogens with two attached hydrogens (primary N) is 1. The minimum absolute atomic E-state index is 0.0808. The fraction of sp³-hybridized carbons (Fsp3) is 0. The van der Waals surface area contributed by atoms with Crippen LogP contribution in [-0.4, -0.2) is 36.5 Å². The summed E-state index contributed by atoms with van der Waals surface area (Å²) in [6.07, 6.45) is 0. The van der Waals surface area contributed by atoms with E-state index >= 15 is 0 Å². The number of rotatable bonds is 1. The standard InChI is InChI=1S/C19H13NO7/c20-19(27)13-17(25)12-8(14(22)18(13)26)5-7-4-6-2-1-3-9(21)10(6)15(23)11(7)16(12)24/h1-5,21-26H,(H2,20,27). The third kappa shape index (κ3) is 2.00. The van der Waals surface area contributed by atoms with Crippen molar-refractivity contribution in [3.05, 3.63) is 35.9 Å². The summed E-state index contributed by atoms with van der Waals surface area (Å²) in [5.74, 6) is -5.07. The second-order valence-electron chi connectivity index (χ2n) is 6.13. The Morgan fingerprint density at radius 2 is 1.37 bits per heavy atom. The van der Waals surface area contributed by atoms with Crippen LogP contribution in [0.3, 0.4) is 0 Å². The van der Waals surface area contributed by atoms with Gasteiger partial charge < -0.3 is 36.4 Å². The summed E-state index contributed by atoms with van der Waals surface area (Å²) >= 11 is 0. The summed E-state index contributed by atoms with van der Waals surface area (Å²) in [4.78, 5) is 11.5. The summed E-state index contributed by atoms with van der Waals surface area (Å²) < 4.78 is 0. The molecular weight excluding hydrogens is 354 g/mol. The minimum Gasteiger partial charge on any atom is -0.507 e. The molecule has 0 aliphatic carbocycles. The van der Waals surface area contributed by atoms with Crippen LogP contribution in [0, 0.1) is 0 Å². The third-order valence-electron chi connectivity index (χ3n) is 4.63. The molecule has 4 aromatic carbocycles. The van der Waals surface area contributed by atoms with Crippen molar-refractivity contribution in [3.8, 4) is 34.5 Å². The van der Waals surface area contributed by atoms with Gasteiger partial charge in [0.15, 0.2) is 11.5 Å². The molecule has 0 spiro atoms. The van der Waals surface area contributed by atoms with E-state index in [0.717, 1.165) is 0 Å². The summed E-state index contributed by atoms with van der Waals surface area (Å²) in [7, 11) is 0. The number of aromatic hydroxyl groups is 6. The monoisotopic (exact) mass is 367 g/mol. The molecule has 27 heavy (non-hydrogen) atoms. The Morgan fingerprint density at radius 1 is 0.704 bits per heavy atom. The van der Waals surface area contributed by atoms with Crippen LogP contribution in [-0.2, 0) is 0 Å². The van der Waals surface area contributed by atoms with Gasteiger partial charge in [-0.2, -0.15) is 0 Å². The number of hydrogen-bond donors (Lipinski definition) is 7. The molecule has 4 aromatic rings. The molecule has 0 saturated heterocycles.